The van der Waals surface area contributed by atoms with Gasteiger partial charge < -0.3 is 9.84 Å². The van der Waals surface area contributed by atoms with E-state index in [4.69, 9.17) is 9.84 Å². The fourth-order valence-corrected chi connectivity index (χ4v) is 2.13. The van der Waals surface area contributed by atoms with Crippen LogP contribution in [0.2, 0.25) is 0 Å². The Bertz CT molecular complexity index is 713. The predicted molar refractivity (Wildman–Crippen MR) is 71.9 cm³/mol. The van der Waals surface area contributed by atoms with E-state index in [1.54, 1.807) is 0 Å². The molecule has 8 nitrogen and oxygen atoms in total. The van der Waals surface area contributed by atoms with Crippen LogP contribution in [-0.2, 0) is 13.1 Å². The third-order valence-corrected chi connectivity index (χ3v) is 3.04. The number of aliphatic hydroxyl groups excluding tert-OH is 1. The second kappa shape index (κ2) is 5.91. The summed E-state index contributed by atoms with van der Waals surface area (Å²) in [6, 6.07) is 0.348. The molecule has 0 saturated carbocycles. The summed E-state index contributed by atoms with van der Waals surface area (Å²) in [5.41, 5.74) is -0.0823. The van der Waals surface area contributed by atoms with Crippen LogP contribution in [0.25, 0.3) is 11.2 Å². The Morgan fingerprint density at radius 1 is 1.30 bits per heavy atom. The molecular formula is C12H19N4O4+. The summed E-state index contributed by atoms with van der Waals surface area (Å²) in [6.07, 6.45) is 0.354. The number of aromatic amines is 2. The summed E-state index contributed by atoms with van der Waals surface area (Å²) in [5.74, 6) is 0. The van der Waals surface area contributed by atoms with Gasteiger partial charge in [-0.1, -0.05) is 0 Å². The molecule has 0 atom stereocenters. The number of rotatable bonds is 6. The highest BCUT2D eigenvalue weighted by atomic mass is 16.5. The molecule has 2 aromatic heterocycles. The zero-order valence-corrected chi connectivity index (χ0v) is 11.6. The van der Waals surface area contributed by atoms with Crippen molar-refractivity contribution in [3.8, 4) is 6.01 Å². The number of ether oxygens (including phenoxy) is 1. The van der Waals surface area contributed by atoms with Gasteiger partial charge in [-0.05, 0) is 20.3 Å². The minimum Gasteiger partial charge on any atom is -0.443 e. The van der Waals surface area contributed by atoms with Crippen LogP contribution in [0.4, 0.5) is 0 Å². The molecule has 0 aliphatic carbocycles. The van der Waals surface area contributed by atoms with Crippen LogP contribution < -0.4 is 21.0 Å². The highest BCUT2D eigenvalue weighted by molar-refractivity contribution is 5.66. The van der Waals surface area contributed by atoms with Gasteiger partial charge in [-0.3, -0.25) is 4.79 Å². The quantitative estimate of drug-likeness (QED) is 0.717. The molecule has 2 rings (SSSR count). The molecule has 0 aliphatic rings. The number of imidazole rings is 1. The summed E-state index contributed by atoms with van der Waals surface area (Å²) in [6.45, 7) is 4.63. The van der Waals surface area contributed by atoms with Gasteiger partial charge in [0.1, 0.15) is 0 Å². The minimum absolute atomic E-state index is 0.0723. The second-order valence-electron chi connectivity index (χ2n) is 4.30. The Morgan fingerprint density at radius 3 is 2.65 bits per heavy atom. The number of hydrogen-bond acceptors (Lipinski definition) is 4. The molecule has 3 N–H and O–H groups in total. The summed E-state index contributed by atoms with van der Waals surface area (Å²) in [7, 11) is 0. The Kier molecular flexibility index (Phi) is 4.23. The lowest BCUT2D eigenvalue weighted by Crippen LogP contribution is -2.41. The topological polar surface area (TPSA) is 103 Å². The van der Waals surface area contributed by atoms with Crippen molar-refractivity contribution in [2.75, 3.05) is 13.2 Å². The molecule has 0 aromatic carbocycles. The fourth-order valence-electron chi connectivity index (χ4n) is 2.13. The van der Waals surface area contributed by atoms with E-state index in [2.05, 4.69) is 9.97 Å². The van der Waals surface area contributed by atoms with Crippen LogP contribution in [-0.4, -0.2) is 32.4 Å². The van der Waals surface area contributed by atoms with Crippen LogP contribution in [0.3, 0.4) is 0 Å². The van der Waals surface area contributed by atoms with Crippen molar-refractivity contribution in [3.05, 3.63) is 20.8 Å². The largest absolute Gasteiger partial charge is 0.443 e. The Labute approximate surface area is 114 Å². The molecule has 0 unspecified atom stereocenters. The molecule has 0 amide bonds. The minimum atomic E-state index is -0.412. The van der Waals surface area contributed by atoms with Gasteiger partial charge >= 0.3 is 17.3 Å². The monoisotopic (exact) mass is 283 g/mol. The summed E-state index contributed by atoms with van der Waals surface area (Å²) >= 11 is 0. The van der Waals surface area contributed by atoms with Crippen molar-refractivity contribution in [2.45, 2.75) is 33.4 Å². The maximum atomic E-state index is 12.3. The molecular weight excluding hydrogens is 264 g/mol. The molecule has 0 fully saturated rings. The molecule has 2 aromatic rings. The Balaban J connectivity index is 2.70. The van der Waals surface area contributed by atoms with Gasteiger partial charge in [-0.25, -0.2) is 23.9 Å². The maximum absolute atomic E-state index is 12.3. The van der Waals surface area contributed by atoms with E-state index in [1.807, 2.05) is 13.8 Å². The first kappa shape index (κ1) is 14.3. The van der Waals surface area contributed by atoms with Crippen LogP contribution >= 0.6 is 0 Å². The lowest BCUT2D eigenvalue weighted by Gasteiger charge is -2.04. The number of aliphatic hydroxyl groups is 1. The number of H-pyrrole nitrogens is 2. The number of nitrogens with zero attached hydrogens (tertiary/aromatic N) is 2. The summed E-state index contributed by atoms with van der Waals surface area (Å²) in [4.78, 5) is 30.3. The molecule has 8 heteroatoms. The first-order valence-corrected chi connectivity index (χ1v) is 6.66. The van der Waals surface area contributed by atoms with Crippen molar-refractivity contribution in [1.82, 2.24) is 14.1 Å². The van der Waals surface area contributed by atoms with Crippen molar-refractivity contribution in [1.29, 1.82) is 0 Å². The van der Waals surface area contributed by atoms with Gasteiger partial charge in [-0.15, -0.1) is 0 Å². The lowest BCUT2D eigenvalue weighted by atomic mass is 10.4. The van der Waals surface area contributed by atoms with Gasteiger partial charge in [0.25, 0.3) is 5.65 Å². The van der Waals surface area contributed by atoms with E-state index in [1.165, 1.54) is 4.57 Å². The SMILES string of the molecule is CCOc1[nH]c2c(=O)n(CCCO)c(=O)n(CC)c2[nH+]1. The van der Waals surface area contributed by atoms with E-state index in [-0.39, 0.29) is 13.2 Å². The van der Waals surface area contributed by atoms with Gasteiger partial charge in [0, 0.05) is 13.2 Å². The predicted octanol–water partition coefficient (Wildman–Crippen LogP) is -0.894. The lowest BCUT2D eigenvalue weighted by molar-refractivity contribution is -0.367. The standard InChI is InChI=1S/C12H18N4O4/c1-3-15-9-8(13-11(14-9)20-4-2)10(18)16(12(15)19)6-5-7-17/h17H,3-7H2,1-2H3,(H,13,14)/p+1. The average molecular weight is 283 g/mol. The average Bonchev–Trinajstić information content (AvgIpc) is 2.83. The van der Waals surface area contributed by atoms with Gasteiger partial charge in [0.15, 0.2) is 0 Å². The van der Waals surface area contributed by atoms with E-state index >= 15 is 0 Å². The number of hydrogen-bond donors (Lipinski definition) is 2. The molecule has 0 bridgehead atoms. The number of aromatic nitrogens is 4. The van der Waals surface area contributed by atoms with Gasteiger partial charge in [0.2, 0.25) is 5.52 Å². The molecule has 110 valence electrons. The van der Waals surface area contributed by atoms with Gasteiger partial charge in [-0.2, -0.15) is 0 Å². The number of nitrogens with one attached hydrogen (secondary N) is 2. The molecule has 0 radical (unpaired) electrons. The van der Waals surface area contributed by atoms with Crippen LogP contribution in [0.15, 0.2) is 9.59 Å². The van der Waals surface area contributed by atoms with Crippen molar-refractivity contribution < 1.29 is 14.8 Å². The van der Waals surface area contributed by atoms with E-state index < -0.39 is 11.2 Å². The normalized spacial score (nSPS) is 11.2. The third-order valence-electron chi connectivity index (χ3n) is 3.04. The number of fused-ring (bicyclic) bond motifs is 1. The van der Waals surface area contributed by atoms with E-state index in [9.17, 15) is 9.59 Å². The zero-order valence-electron chi connectivity index (χ0n) is 11.6. The molecule has 0 saturated heterocycles. The van der Waals surface area contributed by atoms with E-state index in [0.29, 0.717) is 36.7 Å². The zero-order chi connectivity index (χ0) is 14.7. The third kappa shape index (κ3) is 2.34. The summed E-state index contributed by atoms with van der Waals surface area (Å²) in [5, 5.41) is 8.87. The van der Waals surface area contributed by atoms with Crippen LogP contribution in [0.1, 0.15) is 20.3 Å². The smallest absolute Gasteiger partial charge is 0.395 e. The van der Waals surface area contributed by atoms with Crippen molar-refractivity contribution >= 4 is 11.2 Å². The second-order valence-corrected chi connectivity index (χ2v) is 4.30. The highest BCUT2D eigenvalue weighted by Gasteiger charge is 2.22. The Morgan fingerprint density at radius 2 is 2.05 bits per heavy atom. The van der Waals surface area contributed by atoms with Crippen LogP contribution in [0, 0.1) is 0 Å². The van der Waals surface area contributed by atoms with Crippen LogP contribution in [0.5, 0.6) is 6.01 Å². The van der Waals surface area contributed by atoms with Crippen molar-refractivity contribution in [3.63, 3.8) is 0 Å². The first-order valence-electron chi connectivity index (χ1n) is 6.66. The molecule has 0 spiro atoms. The van der Waals surface area contributed by atoms with Crippen molar-refractivity contribution in [2.24, 2.45) is 0 Å². The fraction of sp³-hybridized carbons (Fsp3) is 0.583. The first-order chi connectivity index (χ1) is 9.63. The Hall–Kier alpha value is -2.09. The van der Waals surface area contributed by atoms with E-state index in [0.717, 1.165) is 4.57 Å². The maximum Gasteiger partial charge on any atom is 0.395 e. The molecule has 2 heterocycles. The summed E-state index contributed by atoms with van der Waals surface area (Å²) < 4.78 is 7.88. The molecule has 0 aliphatic heterocycles. The highest BCUT2D eigenvalue weighted by Crippen LogP contribution is 2.05. The molecule has 20 heavy (non-hydrogen) atoms. The number of aryl methyl sites for hydroxylation is 1. The van der Waals surface area contributed by atoms with Gasteiger partial charge in [0.05, 0.1) is 13.2 Å².